The van der Waals surface area contributed by atoms with Crippen molar-refractivity contribution in [2.75, 3.05) is 5.32 Å². The lowest BCUT2D eigenvalue weighted by molar-refractivity contribution is 0.102. The topological polar surface area (TPSA) is 49.3 Å². The van der Waals surface area contributed by atoms with Gasteiger partial charge in [-0.1, -0.05) is 15.9 Å². The van der Waals surface area contributed by atoms with Gasteiger partial charge in [-0.15, -0.1) is 0 Å². The highest BCUT2D eigenvalue weighted by Crippen LogP contribution is 2.23. The molecule has 0 fully saturated rings. The van der Waals surface area contributed by atoms with E-state index in [1.165, 1.54) is 6.07 Å². The van der Waals surface area contributed by atoms with Crippen LogP contribution in [0, 0.1) is 10.5 Å². The van der Waals surface area contributed by atoms with Crippen LogP contribution in [0.4, 0.5) is 5.69 Å². The number of hydrogen-bond donors (Lipinski definition) is 2. The monoisotopic (exact) mass is 431 g/mol. The predicted octanol–water partition coefficient (Wildman–Crippen LogP) is 4.32. The molecule has 0 unspecified atom stereocenters. The third-order valence-corrected chi connectivity index (χ3v) is 3.63. The van der Waals surface area contributed by atoms with Crippen LogP contribution in [0.3, 0.4) is 0 Å². The molecule has 0 saturated heterocycles. The fraction of sp³-hybridized carbons (Fsp3) is 0.0714. The van der Waals surface area contributed by atoms with Gasteiger partial charge >= 0.3 is 0 Å². The van der Waals surface area contributed by atoms with Gasteiger partial charge in [-0.3, -0.25) is 4.79 Å². The molecule has 2 N–H and O–H groups in total. The van der Waals surface area contributed by atoms with Gasteiger partial charge in [0.05, 0.1) is 5.56 Å². The molecule has 1 amide bonds. The van der Waals surface area contributed by atoms with Crippen LogP contribution in [0.5, 0.6) is 5.75 Å². The molecule has 2 aromatic carbocycles. The lowest BCUT2D eigenvalue weighted by atomic mass is 10.1. The molecular formula is C14H11BrINO2. The molecule has 0 saturated carbocycles. The highest BCUT2D eigenvalue weighted by molar-refractivity contribution is 14.1. The minimum absolute atomic E-state index is 0.0235. The molecule has 3 nitrogen and oxygen atoms in total. The minimum Gasteiger partial charge on any atom is -0.507 e. The van der Waals surface area contributed by atoms with Crippen molar-refractivity contribution in [3.05, 3.63) is 55.6 Å². The maximum atomic E-state index is 12.1. The number of nitrogens with one attached hydrogen (secondary N) is 1. The van der Waals surface area contributed by atoms with E-state index >= 15 is 0 Å². The first-order chi connectivity index (χ1) is 8.95. The summed E-state index contributed by atoms with van der Waals surface area (Å²) in [6.45, 7) is 1.95. The molecule has 0 atom stereocenters. The van der Waals surface area contributed by atoms with E-state index in [1.807, 2.05) is 25.1 Å². The Balaban J connectivity index is 2.28. The van der Waals surface area contributed by atoms with Crippen LogP contribution in [0.2, 0.25) is 0 Å². The van der Waals surface area contributed by atoms with E-state index in [0.717, 1.165) is 13.6 Å². The van der Waals surface area contributed by atoms with Crippen LogP contribution in [0.15, 0.2) is 40.9 Å². The van der Waals surface area contributed by atoms with Crippen LogP contribution in [-0.4, -0.2) is 11.0 Å². The Morgan fingerprint density at radius 2 is 2.00 bits per heavy atom. The van der Waals surface area contributed by atoms with Crippen molar-refractivity contribution in [2.45, 2.75) is 6.92 Å². The largest absolute Gasteiger partial charge is 0.507 e. The summed E-state index contributed by atoms with van der Waals surface area (Å²) >= 11 is 5.48. The summed E-state index contributed by atoms with van der Waals surface area (Å²) in [7, 11) is 0. The fourth-order valence-corrected chi connectivity index (χ4v) is 2.80. The predicted molar refractivity (Wildman–Crippen MR) is 87.7 cm³/mol. The van der Waals surface area contributed by atoms with Crippen LogP contribution >= 0.6 is 38.5 Å². The van der Waals surface area contributed by atoms with Gasteiger partial charge in [0.1, 0.15) is 5.75 Å². The third-order valence-electron chi connectivity index (χ3n) is 2.50. The first-order valence-corrected chi connectivity index (χ1v) is 7.40. The minimum atomic E-state index is -0.325. The van der Waals surface area contributed by atoms with Gasteiger partial charge in [0, 0.05) is 13.7 Å². The summed E-state index contributed by atoms with van der Waals surface area (Å²) in [6, 6.07) is 10.6. The average Bonchev–Trinajstić information content (AvgIpc) is 2.30. The van der Waals surface area contributed by atoms with Crippen LogP contribution < -0.4 is 5.32 Å². The molecule has 5 heteroatoms. The fourth-order valence-electron chi connectivity index (χ4n) is 1.70. The molecular weight excluding hydrogens is 421 g/mol. The van der Waals surface area contributed by atoms with Gasteiger partial charge < -0.3 is 10.4 Å². The van der Waals surface area contributed by atoms with Gasteiger partial charge in [-0.25, -0.2) is 0 Å². The molecule has 0 aliphatic rings. The standard InChI is InChI=1S/C14H11BrINO2/c1-8-4-9(15)6-11(5-8)17-14(19)12-7-10(16)2-3-13(12)18/h2-7,18H,1H3,(H,17,19). The van der Waals surface area contributed by atoms with Crippen molar-refractivity contribution >= 4 is 50.1 Å². The molecule has 0 aromatic heterocycles. The number of phenolic OH excluding ortho intramolecular Hbond substituents is 1. The summed E-state index contributed by atoms with van der Waals surface area (Å²) in [6.07, 6.45) is 0. The van der Waals surface area contributed by atoms with Gasteiger partial charge in [-0.2, -0.15) is 0 Å². The molecule has 0 aliphatic heterocycles. The van der Waals surface area contributed by atoms with E-state index in [-0.39, 0.29) is 17.2 Å². The summed E-state index contributed by atoms with van der Waals surface area (Å²) in [5, 5.41) is 12.5. The first kappa shape index (κ1) is 14.3. The number of phenols is 1. The van der Waals surface area contributed by atoms with Crippen molar-refractivity contribution in [3.63, 3.8) is 0 Å². The van der Waals surface area contributed by atoms with E-state index < -0.39 is 0 Å². The number of carbonyl (C=O) groups excluding carboxylic acids is 1. The number of amides is 1. The molecule has 0 aliphatic carbocycles. The number of carbonyl (C=O) groups is 1. The quantitative estimate of drug-likeness (QED) is 0.695. The Hall–Kier alpha value is -1.08. The molecule has 0 heterocycles. The van der Waals surface area contributed by atoms with E-state index in [9.17, 15) is 9.90 Å². The maximum Gasteiger partial charge on any atom is 0.259 e. The zero-order valence-corrected chi connectivity index (χ0v) is 13.8. The van der Waals surface area contributed by atoms with Crippen molar-refractivity contribution in [1.29, 1.82) is 0 Å². The second-order valence-corrected chi connectivity index (χ2v) is 6.29. The summed E-state index contributed by atoms with van der Waals surface area (Å²) in [5.74, 6) is -0.349. The van der Waals surface area contributed by atoms with Gasteiger partial charge in [0.25, 0.3) is 5.91 Å². The summed E-state index contributed by atoms with van der Waals surface area (Å²) in [4.78, 5) is 12.1. The first-order valence-electron chi connectivity index (χ1n) is 5.53. The van der Waals surface area contributed by atoms with Crippen LogP contribution in [0.25, 0.3) is 0 Å². The third kappa shape index (κ3) is 3.70. The number of halogens is 2. The number of rotatable bonds is 2. The van der Waals surface area contributed by atoms with E-state index in [4.69, 9.17) is 0 Å². The van der Waals surface area contributed by atoms with Crippen molar-refractivity contribution in [2.24, 2.45) is 0 Å². The molecule has 98 valence electrons. The molecule has 2 aromatic rings. The maximum absolute atomic E-state index is 12.1. The molecule has 19 heavy (non-hydrogen) atoms. The second-order valence-electron chi connectivity index (χ2n) is 4.13. The number of aromatic hydroxyl groups is 1. The Morgan fingerprint density at radius 1 is 1.26 bits per heavy atom. The lowest BCUT2D eigenvalue weighted by Crippen LogP contribution is -2.12. The summed E-state index contributed by atoms with van der Waals surface area (Å²) in [5.41, 5.74) is 2.00. The molecule has 0 spiro atoms. The van der Waals surface area contributed by atoms with Crippen LogP contribution in [0.1, 0.15) is 15.9 Å². The zero-order chi connectivity index (χ0) is 14.0. The van der Waals surface area contributed by atoms with E-state index in [0.29, 0.717) is 5.69 Å². The molecule has 0 radical (unpaired) electrons. The Bertz CT molecular complexity index is 623. The molecule has 0 bridgehead atoms. The van der Waals surface area contributed by atoms with Crippen LogP contribution in [-0.2, 0) is 0 Å². The lowest BCUT2D eigenvalue weighted by Gasteiger charge is -2.08. The van der Waals surface area contributed by atoms with E-state index in [1.54, 1.807) is 12.1 Å². The number of anilines is 1. The van der Waals surface area contributed by atoms with Gasteiger partial charge in [0.2, 0.25) is 0 Å². The summed E-state index contributed by atoms with van der Waals surface area (Å²) < 4.78 is 1.79. The van der Waals surface area contributed by atoms with E-state index in [2.05, 4.69) is 43.8 Å². The average molecular weight is 432 g/mol. The molecule has 2 rings (SSSR count). The van der Waals surface area contributed by atoms with Crippen molar-refractivity contribution in [3.8, 4) is 5.75 Å². The normalized spacial score (nSPS) is 10.3. The Labute approximate surface area is 133 Å². The van der Waals surface area contributed by atoms with Gasteiger partial charge in [0.15, 0.2) is 0 Å². The Morgan fingerprint density at radius 3 is 2.68 bits per heavy atom. The highest BCUT2D eigenvalue weighted by Gasteiger charge is 2.12. The number of aryl methyl sites for hydroxylation is 1. The Kier molecular flexibility index (Phi) is 4.46. The highest BCUT2D eigenvalue weighted by atomic mass is 127. The van der Waals surface area contributed by atoms with Gasteiger partial charge in [-0.05, 0) is 71.5 Å². The van der Waals surface area contributed by atoms with Crippen molar-refractivity contribution < 1.29 is 9.90 Å². The second kappa shape index (κ2) is 5.92. The number of hydrogen-bond acceptors (Lipinski definition) is 2. The zero-order valence-electron chi connectivity index (χ0n) is 10.1. The van der Waals surface area contributed by atoms with Crippen molar-refractivity contribution in [1.82, 2.24) is 0 Å². The smallest absolute Gasteiger partial charge is 0.259 e. The number of benzene rings is 2. The SMILES string of the molecule is Cc1cc(Br)cc(NC(=O)c2cc(I)ccc2O)c1.